The monoisotopic (exact) mass is 415 g/mol. The molecule has 0 aliphatic carbocycles. The van der Waals surface area contributed by atoms with Gasteiger partial charge < -0.3 is 29.6 Å². The molecule has 2 aromatic rings. The van der Waals surface area contributed by atoms with E-state index >= 15 is 0 Å². The summed E-state index contributed by atoms with van der Waals surface area (Å²) in [5.41, 5.74) is 1.88. The molecule has 164 valence electrons. The SMILES string of the molecule is CCCNC(=NCc1cc(OC)c(OC)c(OC)c1)Nc1ccc(OC(C)C)cc1. The molecule has 2 aromatic carbocycles. The van der Waals surface area contributed by atoms with E-state index in [0.29, 0.717) is 29.8 Å². The van der Waals surface area contributed by atoms with Crippen molar-refractivity contribution in [3.63, 3.8) is 0 Å². The maximum atomic E-state index is 5.70. The van der Waals surface area contributed by atoms with Crippen LogP contribution in [0.2, 0.25) is 0 Å². The number of nitrogens with zero attached hydrogens (tertiary/aromatic N) is 1. The molecular weight excluding hydrogens is 382 g/mol. The highest BCUT2D eigenvalue weighted by Gasteiger charge is 2.13. The van der Waals surface area contributed by atoms with Crippen molar-refractivity contribution in [1.29, 1.82) is 0 Å². The molecule has 0 heterocycles. The molecule has 2 rings (SSSR count). The Labute approximate surface area is 179 Å². The highest BCUT2D eigenvalue weighted by Crippen LogP contribution is 2.38. The number of aliphatic imine (C=N–C) groups is 1. The van der Waals surface area contributed by atoms with E-state index in [-0.39, 0.29) is 6.10 Å². The lowest BCUT2D eigenvalue weighted by Gasteiger charge is -2.15. The van der Waals surface area contributed by atoms with Gasteiger partial charge in [0.1, 0.15) is 5.75 Å². The number of benzene rings is 2. The second-order valence-corrected chi connectivity index (χ2v) is 6.94. The van der Waals surface area contributed by atoms with Crippen LogP contribution in [-0.2, 0) is 6.54 Å². The molecule has 0 unspecified atom stereocenters. The van der Waals surface area contributed by atoms with Gasteiger partial charge in [-0.1, -0.05) is 6.92 Å². The van der Waals surface area contributed by atoms with Crippen molar-refractivity contribution in [2.75, 3.05) is 33.2 Å². The summed E-state index contributed by atoms with van der Waals surface area (Å²) in [7, 11) is 4.80. The zero-order chi connectivity index (χ0) is 21.9. The van der Waals surface area contributed by atoms with Gasteiger partial charge in [0.05, 0.1) is 34.0 Å². The molecule has 0 aromatic heterocycles. The highest BCUT2D eigenvalue weighted by atomic mass is 16.5. The summed E-state index contributed by atoms with van der Waals surface area (Å²) in [4.78, 5) is 4.72. The van der Waals surface area contributed by atoms with Gasteiger partial charge in [-0.15, -0.1) is 0 Å². The van der Waals surface area contributed by atoms with E-state index in [1.807, 2.05) is 50.2 Å². The molecule has 0 aliphatic rings. The van der Waals surface area contributed by atoms with E-state index < -0.39 is 0 Å². The van der Waals surface area contributed by atoms with Crippen LogP contribution in [0.15, 0.2) is 41.4 Å². The molecule has 0 aliphatic heterocycles. The Bertz CT molecular complexity index is 795. The molecule has 2 N–H and O–H groups in total. The fourth-order valence-corrected chi connectivity index (χ4v) is 2.81. The number of guanidine groups is 1. The lowest BCUT2D eigenvalue weighted by Crippen LogP contribution is -2.31. The van der Waals surface area contributed by atoms with Crippen LogP contribution in [-0.4, -0.2) is 39.9 Å². The lowest BCUT2D eigenvalue weighted by atomic mass is 10.2. The summed E-state index contributed by atoms with van der Waals surface area (Å²) in [6.45, 7) is 7.39. The van der Waals surface area contributed by atoms with E-state index in [9.17, 15) is 0 Å². The highest BCUT2D eigenvalue weighted by molar-refractivity contribution is 5.93. The van der Waals surface area contributed by atoms with E-state index in [2.05, 4.69) is 17.6 Å². The minimum absolute atomic E-state index is 0.144. The zero-order valence-electron chi connectivity index (χ0n) is 18.7. The van der Waals surface area contributed by atoms with Gasteiger partial charge in [0.2, 0.25) is 5.75 Å². The second-order valence-electron chi connectivity index (χ2n) is 6.94. The summed E-state index contributed by atoms with van der Waals surface area (Å²) in [5.74, 6) is 3.33. The number of methoxy groups -OCH3 is 3. The molecule has 7 nitrogen and oxygen atoms in total. The Balaban J connectivity index is 2.18. The minimum atomic E-state index is 0.144. The van der Waals surface area contributed by atoms with Crippen molar-refractivity contribution in [2.24, 2.45) is 4.99 Å². The number of rotatable bonds is 10. The molecule has 0 bridgehead atoms. The molecule has 30 heavy (non-hydrogen) atoms. The molecule has 0 amide bonds. The van der Waals surface area contributed by atoms with Crippen LogP contribution in [0.3, 0.4) is 0 Å². The van der Waals surface area contributed by atoms with Gasteiger partial charge in [0.15, 0.2) is 17.5 Å². The van der Waals surface area contributed by atoms with Crippen molar-refractivity contribution < 1.29 is 18.9 Å². The summed E-state index contributed by atoms with van der Waals surface area (Å²) in [5, 5.41) is 6.68. The third-order valence-electron chi connectivity index (χ3n) is 4.18. The van der Waals surface area contributed by atoms with E-state index in [1.54, 1.807) is 21.3 Å². The first kappa shape index (κ1) is 23.2. The van der Waals surface area contributed by atoms with Gasteiger partial charge in [-0.3, -0.25) is 0 Å². The second kappa shape index (κ2) is 11.8. The number of ether oxygens (including phenoxy) is 4. The number of hydrogen-bond acceptors (Lipinski definition) is 5. The van der Waals surface area contributed by atoms with Gasteiger partial charge in [-0.05, 0) is 62.2 Å². The van der Waals surface area contributed by atoms with Crippen molar-refractivity contribution in [3.05, 3.63) is 42.0 Å². The fraction of sp³-hybridized carbons (Fsp3) is 0.435. The molecule has 0 fully saturated rings. The summed E-state index contributed by atoms with van der Waals surface area (Å²) in [6, 6.07) is 11.6. The normalized spacial score (nSPS) is 11.2. The van der Waals surface area contributed by atoms with E-state index in [4.69, 9.17) is 23.9 Å². The quantitative estimate of drug-likeness (QED) is 0.441. The first-order valence-electron chi connectivity index (χ1n) is 10.1. The van der Waals surface area contributed by atoms with Crippen LogP contribution >= 0.6 is 0 Å². The van der Waals surface area contributed by atoms with Crippen LogP contribution < -0.4 is 29.6 Å². The van der Waals surface area contributed by atoms with Gasteiger partial charge >= 0.3 is 0 Å². The number of hydrogen-bond donors (Lipinski definition) is 2. The Morgan fingerprint density at radius 3 is 2.10 bits per heavy atom. The van der Waals surface area contributed by atoms with E-state index in [0.717, 1.165) is 30.0 Å². The first-order valence-corrected chi connectivity index (χ1v) is 10.1. The Hall–Kier alpha value is -3.09. The van der Waals surface area contributed by atoms with Crippen molar-refractivity contribution >= 4 is 11.6 Å². The zero-order valence-corrected chi connectivity index (χ0v) is 18.7. The van der Waals surface area contributed by atoms with Crippen molar-refractivity contribution in [1.82, 2.24) is 5.32 Å². The molecule has 0 saturated carbocycles. The topological polar surface area (TPSA) is 73.3 Å². The molecule has 0 saturated heterocycles. The molecule has 0 radical (unpaired) electrons. The summed E-state index contributed by atoms with van der Waals surface area (Å²) < 4.78 is 21.9. The fourth-order valence-electron chi connectivity index (χ4n) is 2.81. The number of nitrogens with one attached hydrogen (secondary N) is 2. The molecule has 7 heteroatoms. The number of anilines is 1. The van der Waals surface area contributed by atoms with Gasteiger partial charge in [-0.2, -0.15) is 0 Å². The average molecular weight is 416 g/mol. The van der Waals surface area contributed by atoms with Crippen LogP contribution in [0.5, 0.6) is 23.0 Å². The Morgan fingerprint density at radius 2 is 1.60 bits per heavy atom. The minimum Gasteiger partial charge on any atom is -0.493 e. The van der Waals surface area contributed by atoms with Gasteiger partial charge in [-0.25, -0.2) is 4.99 Å². The summed E-state index contributed by atoms with van der Waals surface area (Å²) >= 11 is 0. The third-order valence-corrected chi connectivity index (χ3v) is 4.18. The standard InChI is InChI=1S/C23H33N3O4/c1-7-12-24-23(26-18-8-10-19(11-9-18)30-16(2)3)25-15-17-13-20(27-4)22(29-6)21(14-17)28-5/h8-11,13-14,16H,7,12,15H2,1-6H3,(H2,24,25,26). The molecule has 0 atom stereocenters. The molecular formula is C23H33N3O4. The van der Waals surface area contributed by atoms with Gasteiger partial charge in [0.25, 0.3) is 0 Å². The third kappa shape index (κ3) is 6.76. The van der Waals surface area contributed by atoms with Crippen LogP contribution in [0, 0.1) is 0 Å². The van der Waals surface area contributed by atoms with E-state index in [1.165, 1.54) is 0 Å². The van der Waals surface area contributed by atoms with Crippen LogP contribution in [0.25, 0.3) is 0 Å². The largest absolute Gasteiger partial charge is 0.493 e. The Kier molecular flexibility index (Phi) is 9.12. The lowest BCUT2D eigenvalue weighted by molar-refractivity contribution is 0.242. The smallest absolute Gasteiger partial charge is 0.203 e. The van der Waals surface area contributed by atoms with Crippen LogP contribution in [0.4, 0.5) is 5.69 Å². The average Bonchev–Trinajstić information content (AvgIpc) is 2.75. The first-order chi connectivity index (χ1) is 14.5. The predicted molar refractivity (Wildman–Crippen MR) is 121 cm³/mol. The maximum Gasteiger partial charge on any atom is 0.203 e. The molecule has 0 spiro atoms. The maximum absolute atomic E-state index is 5.70. The predicted octanol–water partition coefficient (Wildman–Crippen LogP) is 4.47. The van der Waals surface area contributed by atoms with Gasteiger partial charge in [0, 0.05) is 12.2 Å². The Morgan fingerprint density at radius 1 is 0.967 bits per heavy atom. The summed E-state index contributed by atoms with van der Waals surface area (Å²) in [6.07, 6.45) is 1.14. The van der Waals surface area contributed by atoms with Crippen molar-refractivity contribution in [3.8, 4) is 23.0 Å². The van der Waals surface area contributed by atoms with Crippen molar-refractivity contribution in [2.45, 2.75) is 39.8 Å². The van der Waals surface area contributed by atoms with Crippen LogP contribution in [0.1, 0.15) is 32.8 Å².